The number of carbonyl (C=O) groups is 1. The highest BCUT2D eigenvalue weighted by Gasteiger charge is 2.39. The van der Waals surface area contributed by atoms with Gasteiger partial charge in [0.05, 0.1) is 0 Å². The van der Waals surface area contributed by atoms with Crippen LogP contribution in [0.2, 0.25) is 0 Å². The van der Waals surface area contributed by atoms with E-state index in [1.54, 1.807) is 12.1 Å². The van der Waals surface area contributed by atoms with Gasteiger partial charge in [-0.25, -0.2) is 4.79 Å². The Hall–Kier alpha value is -1.91. The van der Waals surface area contributed by atoms with Crippen molar-refractivity contribution in [2.45, 2.75) is 26.4 Å². The highest BCUT2D eigenvalue weighted by molar-refractivity contribution is 5.65. The molecule has 1 aromatic rings. The highest BCUT2D eigenvalue weighted by Crippen LogP contribution is 2.32. The van der Waals surface area contributed by atoms with Gasteiger partial charge in [0.25, 0.3) is 0 Å². The van der Waals surface area contributed by atoms with Gasteiger partial charge in [0.2, 0.25) is 0 Å². The van der Waals surface area contributed by atoms with Crippen molar-refractivity contribution in [2.75, 3.05) is 18.8 Å². The molecular weight excluding hydrogens is 244 g/mol. The first-order chi connectivity index (χ1) is 8.88. The lowest BCUT2D eigenvalue weighted by Crippen LogP contribution is -2.52. The number of rotatable bonds is 2. The van der Waals surface area contributed by atoms with E-state index < -0.39 is 6.09 Å². The third-order valence-electron chi connectivity index (χ3n) is 3.56. The van der Waals surface area contributed by atoms with Gasteiger partial charge in [0, 0.05) is 30.6 Å². The SMILES string of the molecule is CC1(C)CN(C(=O)O)CCC1Oc1ccc(N)cc1. The van der Waals surface area contributed by atoms with E-state index in [4.69, 9.17) is 15.6 Å². The third-order valence-corrected chi connectivity index (χ3v) is 3.56. The number of nitrogens with two attached hydrogens (primary N) is 1. The van der Waals surface area contributed by atoms with Gasteiger partial charge in [-0.2, -0.15) is 0 Å². The molecule has 5 nitrogen and oxygen atoms in total. The average Bonchev–Trinajstić information content (AvgIpc) is 2.33. The third kappa shape index (κ3) is 3.10. The number of ether oxygens (including phenoxy) is 1. The van der Waals surface area contributed by atoms with Gasteiger partial charge in [-0.1, -0.05) is 13.8 Å². The fourth-order valence-electron chi connectivity index (χ4n) is 2.43. The molecule has 1 amide bonds. The number of amides is 1. The summed E-state index contributed by atoms with van der Waals surface area (Å²) in [6.45, 7) is 5.06. The van der Waals surface area contributed by atoms with E-state index in [0.29, 0.717) is 25.2 Å². The molecule has 1 fully saturated rings. The second kappa shape index (κ2) is 4.99. The molecule has 1 heterocycles. The van der Waals surface area contributed by atoms with Crippen LogP contribution in [0.15, 0.2) is 24.3 Å². The molecule has 0 bridgehead atoms. The predicted octanol–water partition coefficient (Wildman–Crippen LogP) is 2.43. The number of hydrogen-bond acceptors (Lipinski definition) is 3. The first-order valence-corrected chi connectivity index (χ1v) is 6.38. The van der Waals surface area contributed by atoms with Crippen molar-refractivity contribution < 1.29 is 14.6 Å². The summed E-state index contributed by atoms with van der Waals surface area (Å²) in [7, 11) is 0. The molecule has 1 unspecified atom stereocenters. The zero-order chi connectivity index (χ0) is 14.0. The minimum absolute atomic E-state index is 0.00623. The van der Waals surface area contributed by atoms with Crippen molar-refractivity contribution in [3.05, 3.63) is 24.3 Å². The molecule has 1 atom stereocenters. The first-order valence-electron chi connectivity index (χ1n) is 6.38. The minimum atomic E-state index is -0.862. The molecule has 0 aliphatic carbocycles. The number of likely N-dealkylation sites (tertiary alicyclic amines) is 1. The average molecular weight is 264 g/mol. The van der Waals surface area contributed by atoms with Crippen LogP contribution in [0.3, 0.4) is 0 Å². The summed E-state index contributed by atoms with van der Waals surface area (Å²) >= 11 is 0. The summed E-state index contributed by atoms with van der Waals surface area (Å²) in [6, 6.07) is 7.29. The lowest BCUT2D eigenvalue weighted by molar-refractivity contribution is -0.00282. The molecule has 19 heavy (non-hydrogen) atoms. The van der Waals surface area contributed by atoms with Crippen LogP contribution in [0.4, 0.5) is 10.5 Å². The fraction of sp³-hybridized carbons (Fsp3) is 0.500. The number of hydrogen-bond donors (Lipinski definition) is 2. The minimum Gasteiger partial charge on any atom is -0.490 e. The molecule has 3 N–H and O–H groups in total. The van der Waals surface area contributed by atoms with Gasteiger partial charge in [-0.05, 0) is 24.3 Å². The van der Waals surface area contributed by atoms with Crippen LogP contribution in [-0.2, 0) is 0 Å². The molecule has 0 aromatic heterocycles. The topological polar surface area (TPSA) is 75.8 Å². The van der Waals surface area contributed by atoms with Crippen LogP contribution < -0.4 is 10.5 Å². The van der Waals surface area contributed by atoms with E-state index in [2.05, 4.69) is 0 Å². The van der Waals surface area contributed by atoms with Crippen molar-refractivity contribution in [1.29, 1.82) is 0 Å². The number of piperidine rings is 1. The smallest absolute Gasteiger partial charge is 0.407 e. The number of nitrogens with zero attached hydrogens (tertiary/aromatic N) is 1. The van der Waals surface area contributed by atoms with E-state index >= 15 is 0 Å². The summed E-state index contributed by atoms with van der Waals surface area (Å²) < 4.78 is 5.98. The van der Waals surface area contributed by atoms with Crippen LogP contribution in [0, 0.1) is 5.41 Å². The Labute approximate surface area is 113 Å². The number of anilines is 1. The van der Waals surface area contributed by atoms with Crippen molar-refractivity contribution in [1.82, 2.24) is 4.90 Å². The maximum absolute atomic E-state index is 11.0. The van der Waals surface area contributed by atoms with Crippen LogP contribution in [-0.4, -0.2) is 35.3 Å². The maximum atomic E-state index is 11.0. The molecule has 0 spiro atoms. The highest BCUT2D eigenvalue weighted by atomic mass is 16.5. The van der Waals surface area contributed by atoms with Crippen LogP contribution in [0.1, 0.15) is 20.3 Å². The van der Waals surface area contributed by atoms with E-state index in [1.807, 2.05) is 26.0 Å². The largest absolute Gasteiger partial charge is 0.490 e. The lowest BCUT2D eigenvalue weighted by Gasteiger charge is -2.42. The molecule has 1 aliphatic heterocycles. The molecule has 5 heteroatoms. The zero-order valence-corrected chi connectivity index (χ0v) is 11.3. The summed E-state index contributed by atoms with van der Waals surface area (Å²) in [5, 5.41) is 9.05. The van der Waals surface area contributed by atoms with E-state index in [-0.39, 0.29) is 11.5 Å². The van der Waals surface area contributed by atoms with Gasteiger partial charge in [-0.15, -0.1) is 0 Å². The molecule has 104 valence electrons. The van der Waals surface area contributed by atoms with Gasteiger partial charge in [0.1, 0.15) is 11.9 Å². The van der Waals surface area contributed by atoms with Crippen LogP contribution in [0.5, 0.6) is 5.75 Å². The van der Waals surface area contributed by atoms with Gasteiger partial charge in [0.15, 0.2) is 0 Å². The van der Waals surface area contributed by atoms with Crippen molar-refractivity contribution in [3.8, 4) is 5.75 Å². The molecule has 1 saturated heterocycles. The zero-order valence-electron chi connectivity index (χ0n) is 11.3. The molecule has 0 saturated carbocycles. The predicted molar refractivity (Wildman–Crippen MR) is 73.3 cm³/mol. The molecular formula is C14H20N2O3. The van der Waals surface area contributed by atoms with Crippen LogP contribution >= 0.6 is 0 Å². The molecule has 1 aliphatic rings. The van der Waals surface area contributed by atoms with E-state index in [0.717, 1.165) is 5.75 Å². The summed E-state index contributed by atoms with van der Waals surface area (Å²) in [4.78, 5) is 12.5. The van der Waals surface area contributed by atoms with Crippen LogP contribution in [0.25, 0.3) is 0 Å². The standard InChI is InChI=1S/C14H20N2O3/c1-14(2)9-16(13(17)18)8-7-12(14)19-11-5-3-10(15)4-6-11/h3-6,12H,7-9,15H2,1-2H3,(H,17,18). The summed E-state index contributed by atoms with van der Waals surface area (Å²) in [5.41, 5.74) is 6.13. The van der Waals surface area contributed by atoms with Gasteiger partial charge < -0.3 is 20.5 Å². The molecule has 2 rings (SSSR count). The summed E-state index contributed by atoms with van der Waals surface area (Å²) in [5.74, 6) is 0.774. The number of nitrogen functional groups attached to an aromatic ring is 1. The number of benzene rings is 1. The number of carboxylic acid groups (broad SMARTS) is 1. The molecule has 1 aromatic carbocycles. The maximum Gasteiger partial charge on any atom is 0.407 e. The Balaban J connectivity index is 2.05. The Kier molecular flexibility index (Phi) is 3.55. The molecule has 0 radical (unpaired) electrons. The Morgan fingerprint density at radius 1 is 1.42 bits per heavy atom. The second-order valence-electron chi connectivity index (χ2n) is 5.66. The Bertz CT molecular complexity index is 456. The summed E-state index contributed by atoms with van der Waals surface area (Å²) in [6.07, 6.45) is -0.158. The quantitative estimate of drug-likeness (QED) is 0.804. The van der Waals surface area contributed by atoms with Crippen molar-refractivity contribution in [3.63, 3.8) is 0 Å². The van der Waals surface area contributed by atoms with Gasteiger partial charge >= 0.3 is 6.09 Å². The normalized spacial score (nSPS) is 22.0. The second-order valence-corrected chi connectivity index (χ2v) is 5.66. The van der Waals surface area contributed by atoms with E-state index in [1.165, 1.54) is 4.90 Å². The van der Waals surface area contributed by atoms with Crippen molar-refractivity contribution >= 4 is 11.8 Å². The fourth-order valence-corrected chi connectivity index (χ4v) is 2.43. The monoisotopic (exact) mass is 264 g/mol. The lowest BCUT2D eigenvalue weighted by atomic mass is 9.81. The Morgan fingerprint density at radius 2 is 2.05 bits per heavy atom. The first kappa shape index (κ1) is 13.5. The van der Waals surface area contributed by atoms with Crippen molar-refractivity contribution in [2.24, 2.45) is 5.41 Å². The Morgan fingerprint density at radius 3 is 2.58 bits per heavy atom. The van der Waals surface area contributed by atoms with E-state index in [9.17, 15) is 4.79 Å². The van der Waals surface area contributed by atoms with Gasteiger partial charge in [-0.3, -0.25) is 0 Å².